The monoisotopic (exact) mass is 433 g/mol. The summed E-state index contributed by atoms with van der Waals surface area (Å²) in [5.41, 5.74) is 5.69. The maximum Gasteiger partial charge on any atom is 0.227 e. The van der Waals surface area contributed by atoms with Crippen molar-refractivity contribution in [3.8, 4) is 11.3 Å². The van der Waals surface area contributed by atoms with Gasteiger partial charge in [0, 0.05) is 32.4 Å². The third kappa shape index (κ3) is 4.38. The van der Waals surface area contributed by atoms with Gasteiger partial charge < -0.3 is 14.3 Å². The number of rotatable bonds is 5. The SMILES string of the molecule is Cc1ccc(CC(=O)N2CCCC[C@@H]2c2nc(N(C)C)ncc2-c2onc(C)c2C)cc1. The van der Waals surface area contributed by atoms with Gasteiger partial charge in [-0.25, -0.2) is 9.97 Å². The Kier molecular flexibility index (Phi) is 6.26. The van der Waals surface area contributed by atoms with E-state index in [1.807, 2.05) is 56.1 Å². The van der Waals surface area contributed by atoms with Gasteiger partial charge >= 0.3 is 0 Å². The predicted molar refractivity (Wildman–Crippen MR) is 125 cm³/mol. The van der Waals surface area contributed by atoms with Gasteiger partial charge in [-0.05, 0) is 45.6 Å². The molecule has 2 aromatic heterocycles. The average molecular weight is 434 g/mol. The second kappa shape index (κ2) is 9.10. The minimum Gasteiger partial charge on any atom is -0.356 e. The molecule has 1 aromatic carbocycles. The van der Waals surface area contributed by atoms with Crippen LogP contribution in [0, 0.1) is 20.8 Å². The predicted octanol–water partition coefficient (Wildman–Crippen LogP) is 4.42. The number of likely N-dealkylation sites (tertiary alicyclic amines) is 1. The smallest absolute Gasteiger partial charge is 0.227 e. The number of anilines is 1. The van der Waals surface area contributed by atoms with E-state index in [1.165, 1.54) is 5.56 Å². The fraction of sp³-hybridized carbons (Fsp3) is 0.440. The molecule has 1 amide bonds. The molecule has 0 spiro atoms. The van der Waals surface area contributed by atoms with Gasteiger partial charge in [0.2, 0.25) is 11.9 Å². The van der Waals surface area contributed by atoms with E-state index in [-0.39, 0.29) is 11.9 Å². The summed E-state index contributed by atoms with van der Waals surface area (Å²) in [6.45, 7) is 6.70. The third-order valence-corrected chi connectivity index (χ3v) is 6.22. The van der Waals surface area contributed by atoms with E-state index in [4.69, 9.17) is 9.51 Å². The number of amides is 1. The number of aryl methyl sites for hydroxylation is 2. The lowest BCUT2D eigenvalue weighted by molar-refractivity contribution is -0.134. The lowest BCUT2D eigenvalue weighted by Crippen LogP contribution is -2.40. The summed E-state index contributed by atoms with van der Waals surface area (Å²) in [5, 5.41) is 4.13. The number of carbonyl (C=O) groups excluding carboxylic acids is 1. The number of nitrogens with zero attached hydrogens (tertiary/aromatic N) is 5. The Morgan fingerprint density at radius 2 is 1.91 bits per heavy atom. The van der Waals surface area contributed by atoms with E-state index >= 15 is 0 Å². The Morgan fingerprint density at radius 3 is 2.56 bits per heavy atom. The lowest BCUT2D eigenvalue weighted by atomic mass is 9.94. The van der Waals surface area contributed by atoms with Crippen molar-refractivity contribution in [3.05, 3.63) is 58.5 Å². The van der Waals surface area contributed by atoms with Crippen molar-refractivity contribution in [3.63, 3.8) is 0 Å². The van der Waals surface area contributed by atoms with Crippen LogP contribution in [0.5, 0.6) is 0 Å². The van der Waals surface area contributed by atoms with Crippen LogP contribution in [0.4, 0.5) is 5.95 Å². The molecule has 0 bridgehead atoms. The van der Waals surface area contributed by atoms with Crippen LogP contribution in [-0.4, -0.2) is 46.6 Å². The molecule has 1 aliphatic rings. The first-order valence-electron chi connectivity index (χ1n) is 11.2. The highest BCUT2D eigenvalue weighted by Crippen LogP contribution is 2.38. The van der Waals surface area contributed by atoms with Crippen molar-refractivity contribution >= 4 is 11.9 Å². The molecule has 1 fully saturated rings. The second-order valence-electron chi connectivity index (χ2n) is 8.85. The van der Waals surface area contributed by atoms with E-state index in [2.05, 4.69) is 29.2 Å². The van der Waals surface area contributed by atoms with Crippen LogP contribution >= 0.6 is 0 Å². The zero-order valence-electron chi connectivity index (χ0n) is 19.6. The first-order valence-corrected chi connectivity index (χ1v) is 11.2. The molecule has 0 aliphatic carbocycles. The summed E-state index contributed by atoms with van der Waals surface area (Å²) < 4.78 is 5.67. The fourth-order valence-electron chi connectivity index (χ4n) is 4.19. The normalized spacial score (nSPS) is 16.3. The van der Waals surface area contributed by atoms with Crippen LogP contribution in [0.25, 0.3) is 11.3 Å². The molecule has 3 aromatic rings. The van der Waals surface area contributed by atoms with Crippen molar-refractivity contribution in [2.75, 3.05) is 25.5 Å². The summed E-state index contributed by atoms with van der Waals surface area (Å²) >= 11 is 0. The van der Waals surface area contributed by atoms with E-state index < -0.39 is 0 Å². The van der Waals surface area contributed by atoms with Gasteiger partial charge in [0.05, 0.1) is 29.4 Å². The third-order valence-electron chi connectivity index (χ3n) is 6.22. The number of aromatic nitrogens is 3. The molecule has 4 rings (SSSR count). The average Bonchev–Trinajstić information content (AvgIpc) is 3.13. The summed E-state index contributed by atoms with van der Waals surface area (Å²) in [7, 11) is 3.84. The van der Waals surface area contributed by atoms with E-state index in [0.29, 0.717) is 18.1 Å². The fourth-order valence-corrected chi connectivity index (χ4v) is 4.19. The van der Waals surface area contributed by atoms with Crippen molar-refractivity contribution in [1.29, 1.82) is 0 Å². The molecule has 3 heterocycles. The van der Waals surface area contributed by atoms with Crippen LogP contribution in [0.2, 0.25) is 0 Å². The van der Waals surface area contributed by atoms with Gasteiger partial charge in [0.25, 0.3) is 0 Å². The van der Waals surface area contributed by atoms with Gasteiger partial charge in [-0.2, -0.15) is 0 Å². The standard InChI is InChI=1S/C25H31N5O2/c1-16-9-11-19(12-10-16)14-22(31)30-13-7-6-8-21(30)23-20(15-26-25(27-23)29(4)5)24-17(2)18(3)28-32-24/h9-12,15,21H,6-8,13-14H2,1-5H3/t21-/m1/s1. The molecule has 1 saturated heterocycles. The molecule has 1 atom stereocenters. The quantitative estimate of drug-likeness (QED) is 0.593. The molecule has 0 N–H and O–H groups in total. The number of hydrogen-bond acceptors (Lipinski definition) is 6. The zero-order valence-corrected chi connectivity index (χ0v) is 19.6. The Balaban J connectivity index is 1.73. The maximum atomic E-state index is 13.4. The number of hydrogen-bond donors (Lipinski definition) is 0. The molecule has 32 heavy (non-hydrogen) atoms. The first-order chi connectivity index (χ1) is 15.3. The Hall–Kier alpha value is -3.22. The number of carbonyl (C=O) groups is 1. The number of benzene rings is 1. The Morgan fingerprint density at radius 1 is 1.16 bits per heavy atom. The molecule has 0 radical (unpaired) electrons. The first kappa shape index (κ1) is 22.0. The minimum absolute atomic E-state index is 0.122. The topological polar surface area (TPSA) is 75.4 Å². The van der Waals surface area contributed by atoms with Gasteiger partial charge in [-0.15, -0.1) is 0 Å². The van der Waals surface area contributed by atoms with E-state index in [1.54, 1.807) is 0 Å². The van der Waals surface area contributed by atoms with Crippen molar-refractivity contribution < 1.29 is 9.32 Å². The lowest BCUT2D eigenvalue weighted by Gasteiger charge is -2.36. The molecular weight excluding hydrogens is 402 g/mol. The van der Waals surface area contributed by atoms with Crippen molar-refractivity contribution in [2.45, 2.75) is 52.5 Å². The Labute approximate surface area is 189 Å². The summed E-state index contributed by atoms with van der Waals surface area (Å²) in [6, 6.07) is 8.05. The van der Waals surface area contributed by atoms with Gasteiger partial charge in [-0.3, -0.25) is 4.79 Å². The summed E-state index contributed by atoms with van der Waals surface area (Å²) in [6.07, 6.45) is 5.11. The maximum absolute atomic E-state index is 13.4. The highest BCUT2D eigenvalue weighted by molar-refractivity contribution is 5.80. The minimum atomic E-state index is -0.122. The van der Waals surface area contributed by atoms with Crippen molar-refractivity contribution in [1.82, 2.24) is 20.0 Å². The van der Waals surface area contributed by atoms with Crippen LogP contribution in [0.1, 0.15) is 53.4 Å². The van der Waals surface area contributed by atoms with Crippen LogP contribution in [0.15, 0.2) is 35.0 Å². The van der Waals surface area contributed by atoms with E-state index in [9.17, 15) is 4.79 Å². The molecule has 7 nitrogen and oxygen atoms in total. The molecular formula is C25H31N5O2. The molecule has 168 valence electrons. The van der Waals surface area contributed by atoms with Crippen LogP contribution in [0.3, 0.4) is 0 Å². The van der Waals surface area contributed by atoms with Crippen LogP contribution < -0.4 is 4.90 Å². The highest BCUT2D eigenvalue weighted by atomic mass is 16.5. The number of piperidine rings is 1. The van der Waals surface area contributed by atoms with Crippen molar-refractivity contribution in [2.24, 2.45) is 0 Å². The highest BCUT2D eigenvalue weighted by Gasteiger charge is 2.33. The molecule has 0 unspecified atom stereocenters. The summed E-state index contributed by atoms with van der Waals surface area (Å²) in [5.74, 6) is 1.42. The van der Waals surface area contributed by atoms with Gasteiger partial charge in [0.15, 0.2) is 5.76 Å². The largest absolute Gasteiger partial charge is 0.356 e. The zero-order chi connectivity index (χ0) is 22.8. The van der Waals surface area contributed by atoms with E-state index in [0.717, 1.165) is 53.9 Å². The Bertz CT molecular complexity index is 1100. The van der Waals surface area contributed by atoms with Gasteiger partial charge in [-0.1, -0.05) is 35.0 Å². The van der Waals surface area contributed by atoms with Gasteiger partial charge in [0.1, 0.15) is 0 Å². The molecule has 1 aliphatic heterocycles. The van der Waals surface area contributed by atoms with Crippen LogP contribution in [-0.2, 0) is 11.2 Å². The molecule has 0 saturated carbocycles. The second-order valence-corrected chi connectivity index (χ2v) is 8.85. The summed E-state index contributed by atoms with van der Waals surface area (Å²) in [4.78, 5) is 26.7. The molecule has 7 heteroatoms.